The number of hydrogen-bond acceptors (Lipinski definition) is 4. The quantitative estimate of drug-likeness (QED) is 0.350. The molecule has 1 aliphatic carbocycles. The van der Waals surface area contributed by atoms with Gasteiger partial charge in [-0.05, 0) is 30.9 Å². The van der Waals surface area contributed by atoms with Gasteiger partial charge in [0.25, 0.3) is 5.91 Å². The highest BCUT2D eigenvalue weighted by Gasteiger charge is 2.13. The molecule has 3 N–H and O–H groups in total. The Hall–Kier alpha value is -1.59. The number of hydrogen-bond donors (Lipinski definition) is 2. The minimum atomic E-state index is -0.353. The van der Waals surface area contributed by atoms with Crippen LogP contribution in [-0.4, -0.2) is 25.7 Å². The summed E-state index contributed by atoms with van der Waals surface area (Å²) in [7, 11) is 0. The highest BCUT2D eigenvalue weighted by molar-refractivity contribution is 5.96. The van der Waals surface area contributed by atoms with Crippen LogP contribution in [0.25, 0.3) is 0 Å². The maximum Gasteiger partial charge on any atom is 0.268 e. The van der Waals surface area contributed by atoms with Crippen LogP contribution in [0.4, 0.5) is 0 Å². The summed E-state index contributed by atoms with van der Waals surface area (Å²) in [5.74, 6) is 6.03. The Morgan fingerprint density at radius 1 is 1.19 bits per heavy atom. The van der Waals surface area contributed by atoms with Gasteiger partial charge in [-0.1, -0.05) is 31.4 Å². The van der Waals surface area contributed by atoms with Crippen LogP contribution >= 0.6 is 0 Å². The first kappa shape index (κ1) is 15.8. The van der Waals surface area contributed by atoms with Crippen LogP contribution in [0.5, 0.6) is 5.75 Å². The first-order valence-electron chi connectivity index (χ1n) is 7.62. The van der Waals surface area contributed by atoms with Gasteiger partial charge in [0.2, 0.25) is 0 Å². The van der Waals surface area contributed by atoms with E-state index in [1.165, 1.54) is 32.1 Å². The molecule has 5 nitrogen and oxygen atoms in total. The van der Waals surface area contributed by atoms with Crippen molar-refractivity contribution in [1.82, 2.24) is 5.43 Å². The summed E-state index contributed by atoms with van der Waals surface area (Å²) < 4.78 is 11.3. The molecule has 5 heteroatoms. The number of carbonyl (C=O) groups is 1. The summed E-state index contributed by atoms with van der Waals surface area (Å²) in [6.07, 6.45) is 6.57. The number of nitrogens with one attached hydrogen (secondary N) is 1. The summed E-state index contributed by atoms with van der Waals surface area (Å²) in [6.45, 7) is 1.78. The van der Waals surface area contributed by atoms with E-state index in [4.69, 9.17) is 15.3 Å². The highest BCUT2D eigenvalue weighted by Crippen LogP contribution is 2.23. The second-order valence-corrected chi connectivity index (χ2v) is 5.40. The van der Waals surface area contributed by atoms with Crippen molar-refractivity contribution in [3.05, 3.63) is 29.8 Å². The van der Waals surface area contributed by atoms with Crippen molar-refractivity contribution in [2.75, 3.05) is 19.8 Å². The molecule has 0 atom stereocenters. The topological polar surface area (TPSA) is 73.6 Å². The first-order chi connectivity index (χ1) is 10.3. The lowest BCUT2D eigenvalue weighted by atomic mass is 9.90. The van der Waals surface area contributed by atoms with Crippen LogP contribution < -0.4 is 16.0 Å². The molecule has 1 aromatic rings. The Balaban J connectivity index is 1.69. The fourth-order valence-electron chi connectivity index (χ4n) is 2.67. The molecule has 0 aromatic heterocycles. The molecular weight excluding hydrogens is 268 g/mol. The molecule has 0 heterocycles. The lowest BCUT2D eigenvalue weighted by Crippen LogP contribution is -2.30. The Labute approximate surface area is 125 Å². The first-order valence-corrected chi connectivity index (χ1v) is 7.62. The smallest absolute Gasteiger partial charge is 0.268 e. The number of ether oxygens (including phenoxy) is 2. The lowest BCUT2D eigenvalue weighted by molar-refractivity contribution is 0.0631. The molecule has 0 saturated heterocycles. The number of amides is 1. The van der Waals surface area contributed by atoms with Gasteiger partial charge in [0.1, 0.15) is 12.4 Å². The molecule has 0 spiro atoms. The van der Waals surface area contributed by atoms with Crippen molar-refractivity contribution in [3.63, 3.8) is 0 Å². The third-order valence-corrected chi connectivity index (χ3v) is 3.83. The summed E-state index contributed by atoms with van der Waals surface area (Å²) in [6, 6.07) is 7.04. The van der Waals surface area contributed by atoms with Gasteiger partial charge < -0.3 is 9.47 Å². The maximum atomic E-state index is 11.6. The van der Waals surface area contributed by atoms with Gasteiger partial charge in [0, 0.05) is 6.61 Å². The highest BCUT2D eigenvalue weighted by atomic mass is 16.5. The van der Waals surface area contributed by atoms with Gasteiger partial charge in [0.15, 0.2) is 0 Å². The zero-order chi connectivity index (χ0) is 14.9. The van der Waals surface area contributed by atoms with Crippen LogP contribution in [-0.2, 0) is 4.74 Å². The SMILES string of the molecule is NNC(=O)c1ccccc1OCCOCC1CCCCC1. The molecule has 2 rings (SSSR count). The van der Waals surface area contributed by atoms with E-state index in [0.717, 1.165) is 6.61 Å². The van der Waals surface area contributed by atoms with Crippen molar-refractivity contribution in [1.29, 1.82) is 0 Å². The monoisotopic (exact) mass is 292 g/mol. The van der Waals surface area contributed by atoms with Gasteiger partial charge in [0.05, 0.1) is 12.2 Å². The molecule has 1 amide bonds. The molecule has 0 aliphatic heterocycles. The molecule has 1 saturated carbocycles. The number of carbonyl (C=O) groups excluding carboxylic acids is 1. The number of benzene rings is 1. The van der Waals surface area contributed by atoms with Crippen LogP contribution in [0.3, 0.4) is 0 Å². The number of nitrogens with two attached hydrogens (primary N) is 1. The number of rotatable bonds is 7. The number of hydrazine groups is 1. The van der Waals surface area contributed by atoms with Gasteiger partial charge in [-0.25, -0.2) is 5.84 Å². The molecule has 1 aliphatic rings. The standard InChI is InChI=1S/C16H24N2O3/c17-18-16(19)14-8-4-5-9-15(14)21-11-10-20-12-13-6-2-1-3-7-13/h4-5,8-9,13H,1-3,6-7,10-12,17H2,(H,18,19). The van der Waals surface area contributed by atoms with Crippen molar-refractivity contribution < 1.29 is 14.3 Å². The zero-order valence-electron chi connectivity index (χ0n) is 12.3. The predicted molar refractivity (Wildman–Crippen MR) is 81.0 cm³/mol. The van der Waals surface area contributed by atoms with E-state index in [1.807, 2.05) is 6.07 Å². The normalized spacial score (nSPS) is 15.7. The van der Waals surface area contributed by atoms with Crippen LogP contribution in [0, 0.1) is 5.92 Å². The molecular formula is C16H24N2O3. The predicted octanol–water partition coefficient (Wildman–Crippen LogP) is 2.27. The van der Waals surface area contributed by atoms with Gasteiger partial charge in [-0.2, -0.15) is 0 Å². The van der Waals surface area contributed by atoms with E-state index in [0.29, 0.717) is 30.4 Å². The average molecular weight is 292 g/mol. The summed E-state index contributed by atoms with van der Waals surface area (Å²) in [5, 5.41) is 0. The minimum Gasteiger partial charge on any atom is -0.490 e. The Morgan fingerprint density at radius 2 is 1.95 bits per heavy atom. The molecule has 0 radical (unpaired) electrons. The van der Waals surface area contributed by atoms with E-state index >= 15 is 0 Å². The maximum absolute atomic E-state index is 11.6. The Morgan fingerprint density at radius 3 is 2.71 bits per heavy atom. The second kappa shape index (κ2) is 8.64. The number of para-hydroxylation sites is 1. The van der Waals surface area contributed by atoms with Crippen LogP contribution in [0.2, 0.25) is 0 Å². The third kappa shape index (κ3) is 5.02. The average Bonchev–Trinajstić information content (AvgIpc) is 2.55. The van der Waals surface area contributed by atoms with E-state index in [2.05, 4.69) is 5.43 Å². The minimum absolute atomic E-state index is 0.353. The van der Waals surface area contributed by atoms with E-state index in [1.54, 1.807) is 18.2 Å². The third-order valence-electron chi connectivity index (χ3n) is 3.83. The largest absolute Gasteiger partial charge is 0.490 e. The summed E-state index contributed by atoms with van der Waals surface area (Å²) in [5.41, 5.74) is 2.55. The fourth-order valence-corrected chi connectivity index (χ4v) is 2.67. The van der Waals surface area contributed by atoms with Crippen LogP contribution in [0.1, 0.15) is 42.5 Å². The molecule has 1 fully saturated rings. The zero-order valence-corrected chi connectivity index (χ0v) is 12.3. The second-order valence-electron chi connectivity index (χ2n) is 5.40. The van der Waals surface area contributed by atoms with Gasteiger partial charge >= 0.3 is 0 Å². The van der Waals surface area contributed by atoms with Crippen molar-refractivity contribution in [3.8, 4) is 5.75 Å². The number of nitrogen functional groups attached to an aromatic ring is 1. The van der Waals surface area contributed by atoms with Crippen LogP contribution in [0.15, 0.2) is 24.3 Å². The van der Waals surface area contributed by atoms with Crippen molar-refractivity contribution >= 4 is 5.91 Å². The molecule has 0 unspecified atom stereocenters. The van der Waals surface area contributed by atoms with E-state index < -0.39 is 0 Å². The van der Waals surface area contributed by atoms with Gasteiger partial charge in [-0.3, -0.25) is 10.2 Å². The molecule has 1 aromatic carbocycles. The van der Waals surface area contributed by atoms with E-state index in [9.17, 15) is 4.79 Å². The van der Waals surface area contributed by atoms with Gasteiger partial charge in [-0.15, -0.1) is 0 Å². The molecule has 0 bridgehead atoms. The summed E-state index contributed by atoms with van der Waals surface area (Å²) in [4.78, 5) is 11.6. The van der Waals surface area contributed by atoms with Crippen molar-refractivity contribution in [2.24, 2.45) is 11.8 Å². The Kier molecular flexibility index (Phi) is 6.50. The Bertz CT molecular complexity index is 445. The molecule has 21 heavy (non-hydrogen) atoms. The fraction of sp³-hybridized carbons (Fsp3) is 0.562. The van der Waals surface area contributed by atoms with E-state index in [-0.39, 0.29) is 5.91 Å². The van der Waals surface area contributed by atoms with Crippen molar-refractivity contribution in [2.45, 2.75) is 32.1 Å². The lowest BCUT2D eigenvalue weighted by Gasteiger charge is -2.21. The molecule has 116 valence electrons. The summed E-state index contributed by atoms with van der Waals surface area (Å²) >= 11 is 0.